The van der Waals surface area contributed by atoms with Crippen LogP contribution in [-0.2, 0) is 0 Å². The fourth-order valence-electron chi connectivity index (χ4n) is 3.12. The van der Waals surface area contributed by atoms with Crippen molar-refractivity contribution < 1.29 is 14.0 Å². The van der Waals surface area contributed by atoms with Gasteiger partial charge in [-0.25, -0.2) is 9.97 Å². The number of thioether (sulfide) groups is 1. The molecule has 0 saturated heterocycles. The molecular weight excluding hydrogens is 446 g/mol. The Bertz CT molecular complexity index is 1320. The summed E-state index contributed by atoms with van der Waals surface area (Å²) in [6.07, 6.45) is 1.40. The predicted molar refractivity (Wildman–Crippen MR) is 127 cm³/mol. The largest absolute Gasteiger partial charge is 0.450 e. The summed E-state index contributed by atoms with van der Waals surface area (Å²) in [5.74, 6) is -0.834. The number of aryl methyl sites for hydroxylation is 1. The number of carbonyl (C=O) groups excluding carboxylic acids is 2. The van der Waals surface area contributed by atoms with E-state index in [1.807, 2.05) is 39.0 Å². The topological polar surface area (TPSA) is 85.1 Å². The molecule has 1 amide bonds. The number of halogens is 1. The van der Waals surface area contributed by atoms with Gasteiger partial charge >= 0.3 is 0 Å². The maximum atomic E-state index is 13.2. The maximum Gasteiger partial charge on any atom is 0.276 e. The Morgan fingerprint density at radius 3 is 2.53 bits per heavy atom. The smallest absolute Gasteiger partial charge is 0.276 e. The summed E-state index contributed by atoms with van der Waals surface area (Å²) in [6, 6.07) is 14.3. The van der Waals surface area contributed by atoms with Crippen LogP contribution in [0.2, 0.25) is 5.02 Å². The van der Waals surface area contributed by atoms with Crippen molar-refractivity contribution in [1.29, 1.82) is 0 Å². The first-order valence-electron chi connectivity index (χ1n) is 9.97. The zero-order valence-electron chi connectivity index (χ0n) is 17.7. The standard InChI is InChI=1S/C24H20ClN3O3S/c1-13(2)32-24-26-12-17(25)20(28-24)23(30)27-19-16-6-4-5-7-18(16)31-22(19)21(29)15-10-8-14(3)9-11-15/h4-13H,1-3H3,(H,27,30). The molecule has 8 heteroatoms. The number of ketones is 1. The van der Waals surface area contributed by atoms with Gasteiger partial charge in [-0.05, 0) is 19.1 Å². The van der Waals surface area contributed by atoms with Gasteiger partial charge in [0.2, 0.25) is 5.78 Å². The number of rotatable bonds is 6. The number of nitrogens with one attached hydrogen (secondary N) is 1. The van der Waals surface area contributed by atoms with E-state index >= 15 is 0 Å². The van der Waals surface area contributed by atoms with Crippen LogP contribution >= 0.6 is 23.4 Å². The Morgan fingerprint density at radius 2 is 1.81 bits per heavy atom. The molecule has 162 valence electrons. The minimum Gasteiger partial charge on any atom is -0.450 e. The van der Waals surface area contributed by atoms with Crippen molar-refractivity contribution in [3.8, 4) is 0 Å². The highest BCUT2D eigenvalue weighted by Gasteiger charge is 2.25. The number of benzene rings is 2. The number of para-hydroxylation sites is 1. The lowest BCUT2D eigenvalue weighted by Crippen LogP contribution is -2.17. The van der Waals surface area contributed by atoms with E-state index in [0.717, 1.165) is 5.56 Å². The lowest BCUT2D eigenvalue weighted by atomic mass is 10.1. The molecule has 0 saturated carbocycles. The molecular formula is C24H20ClN3O3S. The number of aromatic nitrogens is 2. The van der Waals surface area contributed by atoms with E-state index in [1.165, 1.54) is 18.0 Å². The number of nitrogens with zero attached hydrogens (tertiary/aromatic N) is 2. The summed E-state index contributed by atoms with van der Waals surface area (Å²) in [4.78, 5) is 34.8. The van der Waals surface area contributed by atoms with E-state index in [0.29, 0.717) is 21.7 Å². The van der Waals surface area contributed by atoms with E-state index < -0.39 is 5.91 Å². The fourth-order valence-corrected chi connectivity index (χ4v) is 3.97. The van der Waals surface area contributed by atoms with Crippen molar-refractivity contribution in [2.75, 3.05) is 5.32 Å². The highest BCUT2D eigenvalue weighted by atomic mass is 35.5. The Balaban J connectivity index is 1.74. The molecule has 0 unspecified atom stereocenters. The van der Waals surface area contributed by atoms with Gasteiger partial charge in [-0.15, -0.1) is 0 Å². The van der Waals surface area contributed by atoms with Gasteiger partial charge in [-0.1, -0.05) is 79.2 Å². The van der Waals surface area contributed by atoms with Gasteiger partial charge in [0.1, 0.15) is 5.58 Å². The first-order valence-corrected chi connectivity index (χ1v) is 11.2. The highest BCUT2D eigenvalue weighted by molar-refractivity contribution is 7.99. The first kappa shape index (κ1) is 22.0. The van der Waals surface area contributed by atoms with Gasteiger partial charge in [0.05, 0.1) is 16.9 Å². The second-order valence-corrected chi connectivity index (χ2v) is 9.42. The van der Waals surface area contributed by atoms with Crippen LogP contribution in [0.1, 0.15) is 46.0 Å². The van der Waals surface area contributed by atoms with E-state index in [-0.39, 0.29) is 33.2 Å². The van der Waals surface area contributed by atoms with Crippen LogP contribution in [0.15, 0.2) is 64.3 Å². The SMILES string of the molecule is Cc1ccc(C(=O)c2oc3ccccc3c2NC(=O)c2nc(SC(C)C)ncc2Cl)cc1. The summed E-state index contributed by atoms with van der Waals surface area (Å²) < 4.78 is 5.85. The van der Waals surface area contributed by atoms with E-state index in [2.05, 4.69) is 15.3 Å². The van der Waals surface area contributed by atoms with Crippen molar-refractivity contribution >= 4 is 51.7 Å². The monoisotopic (exact) mass is 465 g/mol. The van der Waals surface area contributed by atoms with Crippen LogP contribution in [0, 0.1) is 6.92 Å². The Hall–Kier alpha value is -3.16. The van der Waals surface area contributed by atoms with Gasteiger partial charge in [-0.2, -0.15) is 0 Å². The lowest BCUT2D eigenvalue weighted by molar-refractivity contribution is 0.101. The molecule has 0 fully saturated rings. The van der Waals surface area contributed by atoms with Gasteiger partial charge in [-0.3, -0.25) is 9.59 Å². The second-order valence-electron chi connectivity index (χ2n) is 7.47. The molecule has 0 bridgehead atoms. The minimum absolute atomic E-state index is 0.0313. The normalized spacial score (nSPS) is 11.2. The van der Waals surface area contributed by atoms with Crippen molar-refractivity contribution in [2.45, 2.75) is 31.2 Å². The number of hydrogen-bond acceptors (Lipinski definition) is 6. The van der Waals surface area contributed by atoms with Gasteiger partial charge in [0.25, 0.3) is 5.91 Å². The van der Waals surface area contributed by atoms with Crippen molar-refractivity contribution in [3.63, 3.8) is 0 Å². The Labute approximate surface area is 194 Å². The number of fused-ring (bicyclic) bond motifs is 1. The van der Waals surface area contributed by atoms with Crippen LogP contribution < -0.4 is 5.32 Å². The fraction of sp³-hybridized carbons (Fsp3) is 0.167. The average Bonchev–Trinajstić information content (AvgIpc) is 3.13. The van der Waals surface area contributed by atoms with Gasteiger partial charge < -0.3 is 9.73 Å². The van der Waals surface area contributed by atoms with Crippen LogP contribution in [0.25, 0.3) is 11.0 Å². The Morgan fingerprint density at radius 1 is 1.09 bits per heavy atom. The molecule has 0 spiro atoms. The van der Waals surface area contributed by atoms with E-state index in [9.17, 15) is 9.59 Å². The molecule has 4 aromatic rings. The Kier molecular flexibility index (Phi) is 6.30. The lowest BCUT2D eigenvalue weighted by Gasteiger charge is -2.09. The third-order valence-electron chi connectivity index (χ3n) is 4.63. The first-order chi connectivity index (χ1) is 15.3. The molecule has 32 heavy (non-hydrogen) atoms. The van der Waals surface area contributed by atoms with Crippen LogP contribution in [-0.4, -0.2) is 26.9 Å². The summed E-state index contributed by atoms with van der Waals surface area (Å²) in [5.41, 5.74) is 2.30. The molecule has 4 rings (SSSR count). The van der Waals surface area contributed by atoms with Gasteiger partial charge in [0.15, 0.2) is 16.6 Å². The van der Waals surface area contributed by atoms with Crippen molar-refractivity contribution in [3.05, 3.63) is 82.3 Å². The number of anilines is 1. The summed E-state index contributed by atoms with van der Waals surface area (Å²) >= 11 is 7.64. The molecule has 2 aromatic carbocycles. The molecule has 2 aromatic heterocycles. The highest BCUT2D eigenvalue weighted by Crippen LogP contribution is 2.33. The van der Waals surface area contributed by atoms with Gasteiger partial charge in [0, 0.05) is 16.2 Å². The van der Waals surface area contributed by atoms with Crippen LogP contribution in [0.3, 0.4) is 0 Å². The molecule has 6 nitrogen and oxygen atoms in total. The maximum absolute atomic E-state index is 13.2. The molecule has 0 aliphatic carbocycles. The quantitative estimate of drug-likeness (QED) is 0.208. The zero-order chi connectivity index (χ0) is 22.8. The zero-order valence-corrected chi connectivity index (χ0v) is 19.3. The molecule has 1 N–H and O–H groups in total. The van der Waals surface area contributed by atoms with Crippen molar-refractivity contribution in [2.24, 2.45) is 0 Å². The number of furan rings is 1. The molecule has 0 radical (unpaired) electrons. The summed E-state index contributed by atoms with van der Waals surface area (Å²) in [5, 5.41) is 4.21. The van der Waals surface area contributed by atoms with E-state index in [4.69, 9.17) is 16.0 Å². The second kappa shape index (κ2) is 9.14. The molecule has 2 heterocycles. The summed E-state index contributed by atoms with van der Waals surface area (Å²) in [7, 11) is 0. The predicted octanol–water partition coefficient (Wildman–Crippen LogP) is 6.17. The number of hydrogen-bond donors (Lipinski definition) is 1. The molecule has 0 aliphatic rings. The number of amides is 1. The van der Waals surface area contributed by atoms with Crippen LogP contribution in [0.5, 0.6) is 0 Å². The third-order valence-corrected chi connectivity index (χ3v) is 5.79. The third kappa shape index (κ3) is 4.54. The number of carbonyl (C=O) groups is 2. The van der Waals surface area contributed by atoms with Crippen molar-refractivity contribution in [1.82, 2.24) is 9.97 Å². The minimum atomic E-state index is -0.549. The van der Waals surface area contributed by atoms with E-state index in [1.54, 1.807) is 30.3 Å². The van der Waals surface area contributed by atoms with Crippen LogP contribution in [0.4, 0.5) is 5.69 Å². The summed E-state index contributed by atoms with van der Waals surface area (Å²) in [6.45, 7) is 5.95. The molecule has 0 atom stereocenters. The molecule has 0 aliphatic heterocycles. The average molecular weight is 466 g/mol.